The molecule has 1 aromatic carbocycles. The molecule has 25 heavy (non-hydrogen) atoms. The van der Waals surface area contributed by atoms with Crippen molar-refractivity contribution in [1.29, 1.82) is 0 Å². The number of nitrogens with one attached hydrogen (secondary N) is 1. The predicted molar refractivity (Wildman–Crippen MR) is 96.0 cm³/mol. The van der Waals surface area contributed by atoms with Crippen LogP contribution in [-0.4, -0.2) is 35.7 Å². The van der Waals surface area contributed by atoms with Gasteiger partial charge in [-0.25, -0.2) is 0 Å². The van der Waals surface area contributed by atoms with E-state index >= 15 is 0 Å². The van der Waals surface area contributed by atoms with Crippen molar-refractivity contribution >= 4 is 35.9 Å². The van der Waals surface area contributed by atoms with Crippen molar-refractivity contribution in [3.05, 3.63) is 28.8 Å². The van der Waals surface area contributed by atoms with E-state index in [9.17, 15) is 19.5 Å². The summed E-state index contributed by atoms with van der Waals surface area (Å²) >= 11 is 4.33. The molecule has 1 aliphatic carbocycles. The maximum atomic E-state index is 12.1. The van der Waals surface area contributed by atoms with Crippen molar-refractivity contribution in [2.45, 2.75) is 44.1 Å². The number of thiol groups is 1. The molecule has 0 aliphatic heterocycles. The Bertz CT molecular complexity index is 751. The van der Waals surface area contributed by atoms with E-state index in [0.717, 1.165) is 0 Å². The quantitative estimate of drug-likeness (QED) is 0.331. The van der Waals surface area contributed by atoms with E-state index in [4.69, 9.17) is 4.74 Å². The highest BCUT2D eigenvalue weighted by atomic mass is 32.1. The van der Waals surface area contributed by atoms with Crippen LogP contribution >= 0.6 is 12.6 Å². The van der Waals surface area contributed by atoms with Gasteiger partial charge in [0.05, 0.1) is 0 Å². The number of hydrogen-bond donors (Lipinski definition) is 3. The third-order valence-corrected chi connectivity index (χ3v) is 4.50. The number of ketones is 2. The van der Waals surface area contributed by atoms with E-state index in [2.05, 4.69) is 17.9 Å². The molecule has 7 heteroatoms. The molecule has 0 aromatic heterocycles. The smallest absolute Gasteiger partial charge is 0.260 e. The molecule has 0 bridgehead atoms. The summed E-state index contributed by atoms with van der Waals surface area (Å²) in [5.41, 5.74) is 0.654. The fourth-order valence-corrected chi connectivity index (χ4v) is 3.02. The zero-order valence-electron chi connectivity index (χ0n) is 14.4. The molecule has 1 aliphatic rings. The largest absolute Gasteiger partial charge is 0.506 e. The number of hydrogen-bond acceptors (Lipinski definition) is 6. The van der Waals surface area contributed by atoms with Crippen LogP contribution < -0.4 is 10.1 Å². The summed E-state index contributed by atoms with van der Waals surface area (Å²) in [6, 6.07) is 3.17. The van der Waals surface area contributed by atoms with Crippen LogP contribution in [0.2, 0.25) is 0 Å². The van der Waals surface area contributed by atoms with E-state index in [1.807, 2.05) is 0 Å². The number of carbonyl (C=O) groups is 3. The van der Waals surface area contributed by atoms with Gasteiger partial charge in [-0.1, -0.05) is 0 Å². The molecule has 1 aromatic rings. The van der Waals surface area contributed by atoms with Gasteiger partial charge >= 0.3 is 0 Å². The Morgan fingerprint density at radius 1 is 1.28 bits per heavy atom. The molecular weight excluding hydrogens is 342 g/mol. The summed E-state index contributed by atoms with van der Waals surface area (Å²) in [6.07, 6.45) is 0.219. The normalized spacial score (nSPS) is 15.8. The van der Waals surface area contributed by atoms with Crippen LogP contribution in [0.25, 0.3) is 5.76 Å². The molecule has 0 saturated heterocycles. The van der Waals surface area contributed by atoms with Gasteiger partial charge in [-0.3, -0.25) is 14.4 Å². The van der Waals surface area contributed by atoms with Crippen LogP contribution in [0.15, 0.2) is 22.6 Å². The lowest BCUT2D eigenvalue weighted by atomic mass is 9.89. The highest BCUT2D eigenvalue weighted by Crippen LogP contribution is 2.35. The van der Waals surface area contributed by atoms with Crippen molar-refractivity contribution in [2.24, 2.45) is 0 Å². The van der Waals surface area contributed by atoms with E-state index in [0.29, 0.717) is 28.2 Å². The van der Waals surface area contributed by atoms with Gasteiger partial charge in [-0.2, -0.15) is 0 Å². The molecule has 1 fully saturated rings. The molecule has 134 valence electrons. The maximum Gasteiger partial charge on any atom is 0.260 e. The minimum absolute atomic E-state index is 0.161. The fourth-order valence-electron chi connectivity index (χ4n) is 2.73. The van der Waals surface area contributed by atoms with Crippen molar-refractivity contribution in [2.75, 3.05) is 7.05 Å². The highest BCUT2D eigenvalue weighted by Gasteiger charge is 2.29. The zero-order valence-corrected chi connectivity index (χ0v) is 15.3. The van der Waals surface area contributed by atoms with Gasteiger partial charge in [0, 0.05) is 35.9 Å². The molecule has 2 rings (SSSR count). The Labute approximate surface area is 151 Å². The van der Waals surface area contributed by atoms with Gasteiger partial charge in [-0.15, -0.1) is 12.6 Å². The second-order valence-corrected chi connectivity index (χ2v) is 6.37. The Kier molecular flexibility index (Phi) is 5.89. The summed E-state index contributed by atoms with van der Waals surface area (Å²) in [4.78, 5) is 36.3. The lowest BCUT2D eigenvalue weighted by Gasteiger charge is -2.20. The third-order valence-electron chi connectivity index (χ3n) is 4.15. The average molecular weight is 363 g/mol. The number of allylic oxidation sites excluding steroid dienone is 1. The first-order valence-corrected chi connectivity index (χ1v) is 8.43. The van der Waals surface area contributed by atoms with E-state index in [-0.39, 0.29) is 41.6 Å². The Hall–Kier alpha value is -2.28. The van der Waals surface area contributed by atoms with Crippen LogP contribution in [0, 0.1) is 6.92 Å². The monoisotopic (exact) mass is 363 g/mol. The molecule has 2 N–H and O–H groups in total. The first-order valence-electron chi connectivity index (χ1n) is 7.98. The average Bonchev–Trinajstić information content (AvgIpc) is 2.57. The van der Waals surface area contributed by atoms with E-state index in [1.165, 1.54) is 7.05 Å². The standard InChI is InChI=1S/C18H21NO5S/c1-9-11(16(22)15-12(20)5-4-6-13(15)21)7-8-14(25)17(9)24-10(2)18(23)19-3/h7-8,10,22,25H,4-6H2,1-3H3,(H,19,23). The van der Waals surface area contributed by atoms with Gasteiger partial charge in [0.1, 0.15) is 17.1 Å². The minimum Gasteiger partial charge on any atom is -0.506 e. The molecule has 0 radical (unpaired) electrons. The number of rotatable bonds is 4. The summed E-state index contributed by atoms with van der Waals surface area (Å²) in [5.74, 6) is -1.05. The van der Waals surface area contributed by atoms with Crippen LogP contribution in [0.5, 0.6) is 5.75 Å². The highest BCUT2D eigenvalue weighted by molar-refractivity contribution is 7.80. The maximum absolute atomic E-state index is 12.1. The first kappa shape index (κ1) is 19.1. The topological polar surface area (TPSA) is 92.7 Å². The summed E-state index contributed by atoms with van der Waals surface area (Å²) in [6.45, 7) is 3.26. The fraction of sp³-hybridized carbons (Fsp3) is 0.389. The summed E-state index contributed by atoms with van der Waals surface area (Å²) in [5, 5.41) is 13.0. The molecule has 0 spiro atoms. The first-order chi connectivity index (χ1) is 11.8. The summed E-state index contributed by atoms with van der Waals surface area (Å²) < 4.78 is 5.67. The molecule has 0 heterocycles. The number of likely N-dealkylation sites (N-methyl/N-ethyl adjacent to an activating group) is 1. The number of amides is 1. The predicted octanol–water partition coefficient (Wildman–Crippen LogP) is 2.39. The van der Waals surface area contributed by atoms with Crippen molar-refractivity contribution < 1.29 is 24.2 Å². The van der Waals surface area contributed by atoms with Crippen molar-refractivity contribution in [3.63, 3.8) is 0 Å². The van der Waals surface area contributed by atoms with Crippen LogP contribution in [0.4, 0.5) is 0 Å². The van der Waals surface area contributed by atoms with Gasteiger partial charge in [0.15, 0.2) is 17.7 Å². The van der Waals surface area contributed by atoms with Crippen LogP contribution in [0.3, 0.4) is 0 Å². The Balaban J connectivity index is 2.50. The minimum atomic E-state index is -0.766. The van der Waals surface area contributed by atoms with Gasteiger partial charge in [0.25, 0.3) is 5.91 Å². The second kappa shape index (κ2) is 7.74. The number of Topliss-reactive ketones (excluding diaryl/α,β-unsaturated/α-hetero) is 2. The van der Waals surface area contributed by atoms with Gasteiger partial charge in [0.2, 0.25) is 0 Å². The molecular formula is C18H21NO5S. The number of aliphatic hydroxyl groups is 1. The molecule has 1 atom stereocenters. The molecule has 1 amide bonds. The van der Waals surface area contributed by atoms with Crippen LogP contribution in [-0.2, 0) is 14.4 Å². The van der Waals surface area contributed by atoms with Crippen LogP contribution in [0.1, 0.15) is 37.3 Å². The number of benzene rings is 1. The Morgan fingerprint density at radius 2 is 1.88 bits per heavy atom. The van der Waals surface area contributed by atoms with Crippen molar-refractivity contribution in [3.8, 4) is 5.75 Å². The van der Waals surface area contributed by atoms with E-state index in [1.54, 1.807) is 26.0 Å². The number of ether oxygens (including phenoxy) is 1. The lowest BCUT2D eigenvalue weighted by Crippen LogP contribution is -2.34. The third kappa shape index (κ3) is 3.87. The van der Waals surface area contributed by atoms with Crippen molar-refractivity contribution in [1.82, 2.24) is 5.32 Å². The van der Waals surface area contributed by atoms with Gasteiger partial charge < -0.3 is 15.2 Å². The summed E-state index contributed by atoms with van der Waals surface area (Å²) in [7, 11) is 1.50. The molecule has 1 saturated carbocycles. The Morgan fingerprint density at radius 3 is 2.44 bits per heavy atom. The van der Waals surface area contributed by atoms with Gasteiger partial charge in [-0.05, 0) is 32.4 Å². The number of aliphatic hydroxyl groups excluding tert-OH is 1. The van der Waals surface area contributed by atoms with E-state index < -0.39 is 6.10 Å². The zero-order chi connectivity index (χ0) is 18.7. The number of carbonyl (C=O) groups excluding carboxylic acids is 3. The molecule has 6 nitrogen and oxygen atoms in total. The SMILES string of the molecule is CNC(=O)C(C)Oc1c(S)ccc(C(O)=C2C(=O)CCCC2=O)c1C. The lowest BCUT2D eigenvalue weighted by molar-refractivity contribution is -0.127. The molecule has 1 unspecified atom stereocenters. The second-order valence-electron chi connectivity index (χ2n) is 5.88.